The van der Waals surface area contributed by atoms with Gasteiger partial charge in [-0.1, -0.05) is 50.7 Å². The second-order valence-corrected chi connectivity index (χ2v) is 11.9. The molecule has 0 spiro atoms. The SMILES string of the molecule is CC(C)(C)c1ccc(OCCCN2CCC(CNC(=O)C3=Cc4cnc5cccc(n45)S3)CC2)cc1. The molecule has 2 aromatic heterocycles. The molecule has 1 aromatic carbocycles. The maximum absolute atomic E-state index is 12.9. The van der Waals surface area contributed by atoms with Crippen LogP contribution in [0.25, 0.3) is 11.7 Å². The van der Waals surface area contributed by atoms with Crippen LogP contribution < -0.4 is 10.1 Å². The number of piperidine rings is 1. The molecule has 0 atom stereocenters. The van der Waals surface area contributed by atoms with Gasteiger partial charge in [0.15, 0.2) is 0 Å². The Kier molecular flexibility index (Phi) is 7.39. The number of thioether (sulfide) groups is 1. The molecule has 0 unspecified atom stereocenters. The molecule has 36 heavy (non-hydrogen) atoms. The third kappa shape index (κ3) is 5.79. The van der Waals surface area contributed by atoms with E-state index in [0.29, 0.717) is 5.92 Å². The van der Waals surface area contributed by atoms with Crippen LogP contribution in [0.4, 0.5) is 0 Å². The van der Waals surface area contributed by atoms with Crippen LogP contribution in [0.15, 0.2) is 58.6 Å². The molecule has 1 saturated heterocycles. The van der Waals surface area contributed by atoms with E-state index in [1.165, 1.54) is 17.3 Å². The highest BCUT2D eigenvalue weighted by atomic mass is 32.2. The average molecular weight is 505 g/mol. The summed E-state index contributed by atoms with van der Waals surface area (Å²) in [6, 6.07) is 14.5. The van der Waals surface area contributed by atoms with Gasteiger partial charge in [0.1, 0.15) is 11.4 Å². The van der Waals surface area contributed by atoms with Gasteiger partial charge in [-0.2, -0.15) is 0 Å². The van der Waals surface area contributed by atoms with Crippen molar-refractivity contribution in [2.75, 3.05) is 32.8 Å². The van der Waals surface area contributed by atoms with Gasteiger partial charge in [-0.25, -0.2) is 4.98 Å². The smallest absolute Gasteiger partial charge is 0.258 e. The van der Waals surface area contributed by atoms with Crippen LogP contribution in [-0.2, 0) is 10.2 Å². The third-order valence-electron chi connectivity index (χ3n) is 7.10. The van der Waals surface area contributed by atoms with Gasteiger partial charge in [-0.3, -0.25) is 9.20 Å². The van der Waals surface area contributed by atoms with Gasteiger partial charge < -0.3 is 15.0 Å². The number of nitrogens with one attached hydrogen (secondary N) is 1. The Morgan fingerprint density at radius 3 is 2.67 bits per heavy atom. The largest absolute Gasteiger partial charge is 0.494 e. The molecule has 2 aliphatic heterocycles. The average Bonchev–Trinajstić information content (AvgIpc) is 3.30. The summed E-state index contributed by atoms with van der Waals surface area (Å²) in [7, 11) is 0. The molecule has 6 nitrogen and oxygen atoms in total. The molecule has 0 saturated carbocycles. The van der Waals surface area contributed by atoms with Crippen molar-refractivity contribution in [3.63, 3.8) is 0 Å². The highest BCUT2D eigenvalue weighted by Gasteiger charge is 2.23. The molecule has 4 heterocycles. The number of amides is 1. The molecule has 0 aliphatic carbocycles. The van der Waals surface area contributed by atoms with Gasteiger partial charge >= 0.3 is 0 Å². The van der Waals surface area contributed by atoms with Crippen LogP contribution in [0.5, 0.6) is 5.75 Å². The molecule has 5 rings (SSSR count). The summed E-state index contributed by atoms with van der Waals surface area (Å²) in [5, 5.41) is 4.21. The van der Waals surface area contributed by atoms with Crippen molar-refractivity contribution < 1.29 is 9.53 Å². The number of aromatic nitrogens is 2. The number of likely N-dealkylation sites (tertiary alicyclic amines) is 1. The summed E-state index contributed by atoms with van der Waals surface area (Å²) in [4.78, 5) is 20.5. The zero-order chi connectivity index (χ0) is 25.1. The van der Waals surface area contributed by atoms with Gasteiger partial charge in [0.2, 0.25) is 0 Å². The molecule has 3 aromatic rings. The number of pyridine rings is 1. The Hall–Kier alpha value is -2.77. The molecule has 1 fully saturated rings. The van der Waals surface area contributed by atoms with E-state index in [1.807, 2.05) is 30.5 Å². The first kappa shape index (κ1) is 24.9. The molecular weight excluding hydrogens is 468 g/mol. The lowest BCUT2D eigenvalue weighted by Gasteiger charge is -2.32. The second kappa shape index (κ2) is 10.7. The van der Waals surface area contributed by atoms with Gasteiger partial charge in [0, 0.05) is 13.1 Å². The maximum Gasteiger partial charge on any atom is 0.258 e. The van der Waals surface area contributed by atoms with E-state index in [1.54, 1.807) is 0 Å². The van der Waals surface area contributed by atoms with Crippen molar-refractivity contribution in [2.45, 2.75) is 50.5 Å². The Labute approximate surface area is 218 Å². The van der Waals surface area contributed by atoms with Crippen molar-refractivity contribution in [1.29, 1.82) is 0 Å². The highest BCUT2D eigenvalue weighted by Crippen LogP contribution is 2.34. The van der Waals surface area contributed by atoms with E-state index in [2.05, 4.69) is 64.6 Å². The van der Waals surface area contributed by atoms with Gasteiger partial charge in [0.05, 0.1) is 28.4 Å². The first-order valence-electron chi connectivity index (χ1n) is 13.0. The Morgan fingerprint density at radius 1 is 1.14 bits per heavy atom. The van der Waals surface area contributed by atoms with Crippen LogP contribution in [0, 0.1) is 5.92 Å². The fourth-order valence-corrected chi connectivity index (χ4v) is 5.87. The van der Waals surface area contributed by atoms with Gasteiger partial charge in [-0.15, -0.1) is 0 Å². The zero-order valence-electron chi connectivity index (χ0n) is 21.5. The highest BCUT2D eigenvalue weighted by molar-refractivity contribution is 8.04. The normalized spacial score (nSPS) is 16.7. The molecule has 7 heteroatoms. The fraction of sp³-hybridized carbons (Fsp3) is 0.448. The predicted molar refractivity (Wildman–Crippen MR) is 146 cm³/mol. The Morgan fingerprint density at radius 2 is 1.92 bits per heavy atom. The van der Waals surface area contributed by atoms with Crippen molar-refractivity contribution in [1.82, 2.24) is 19.6 Å². The summed E-state index contributed by atoms with van der Waals surface area (Å²) in [5.41, 5.74) is 3.37. The number of benzene rings is 1. The zero-order valence-corrected chi connectivity index (χ0v) is 22.3. The molecule has 0 radical (unpaired) electrons. The van der Waals surface area contributed by atoms with Crippen molar-refractivity contribution >= 4 is 29.4 Å². The maximum atomic E-state index is 12.9. The molecular formula is C29H36N4O2S. The van der Waals surface area contributed by atoms with E-state index in [9.17, 15) is 4.79 Å². The predicted octanol–water partition coefficient (Wildman–Crippen LogP) is 5.38. The quantitative estimate of drug-likeness (QED) is 0.418. The van der Waals surface area contributed by atoms with Crippen LogP contribution in [0.2, 0.25) is 0 Å². The summed E-state index contributed by atoms with van der Waals surface area (Å²) in [5.74, 6) is 1.50. The third-order valence-corrected chi connectivity index (χ3v) is 8.16. The minimum atomic E-state index is 0.0135. The van der Waals surface area contributed by atoms with Gasteiger partial charge in [0.25, 0.3) is 5.91 Å². The number of hydrogen-bond acceptors (Lipinski definition) is 5. The van der Waals surface area contributed by atoms with Crippen molar-refractivity contribution in [3.05, 3.63) is 64.8 Å². The monoisotopic (exact) mass is 504 g/mol. The Bertz CT molecular complexity index is 1230. The van der Waals surface area contributed by atoms with Crippen LogP contribution in [-0.4, -0.2) is 53.0 Å². The lowest BCUT2D eigenvalue weighted by Crippen LogP contribution is -2.39. The van der Waals surface area contributed by atoms with Crippen molar-refractivity contribution in [2.24, 2.45) is 5.92 Å². The molecule has 2 aliphatic rings. The summed E-state index contributed by atoms with van der Waals surface area (Å²) in [6.45, 7) is 11.4. The van der Waals surface area contributed by atoms with E-state index in [-0.39, 0.29) is 11.3 Å². The van der Waals surface area contributed by atoms with Gasteiger partial charge in [-0.05, 0) is 79.6 Å². The lowest BCUT2D eigenvalue weighted by molar-refractivity contribution is -0.117. The second-order valence-electron chi connectivity index (χ2n) is 10.8. The minimum absolute atomic E-state index is 0.0135. The first-order chi connectivity index (χ1) is 17.4. The standard InChI is InChI=1S/C29H36N4O2S/c1-29(2,3)22-8-10-24(11-9-22)35-17-5-14-32-15-12-21(13-16-32)19-31-28(34)25-18-23-20-30-26-6-4-7-27(36-25)33(23)26/h4,6-11,18,20-21H,5,12-17,19H2,1-3H3,(H,31,34). The number of hydrogen-bond donors (Lipinski definition) is 1. The summed E-state index contributed by atoms with van der Waals surface area (Å²) in [6.07, 6.45) is 7.03. The fourth-order valence-electron chi connectivity index (χ4n) is 4.87. The van der Waals surface area contributed by atoms with Crippen molar-refractivity contribution in [3.8, 4) is 5.75 Å². The van der Waals surface area contributed by atoms with E-state index in [0.717, 1.165) is 79.1 Å². The van der Waals surface area contributed by atoms with E-state index >= 15 is 0 Å². The molecule has 1 N–H and O–H groups in total. The molecule has 190 valence electrons. The van der Waals surface area contributed by atoms with E-state index in [4.69, 9.17) is 4.74 Å². The number of carbonyl (C=O) groups excluding carboxylic acids is 1. The van der Waals surface area contributed by atoms with Crippen LogP contribution in [0.3, 0.4) is 0 Å². The minimum Gasteiger partial charge on any atom is -0.494 e. The lowest BCUT2D eigenvalue weighted by atomic mass is 9.87. The summed E-state index contributed by atoms with van der Waals surface area (Å²) >= 11 is 1.51. The first-order valence-corrected chi connectivity index (χ1v) is 13.8. The molecule has 1 amide bonds. The number of carbonyl (C=O) groups is 1. The number of nitrogens with zero attached hydrogens (tertiary/aromatic N) is 3. The Balaban J connectivity index is 0.999. The van der Waals surface area contributed by atoms with E-state index < -0.39 is 0 Å². The number of rotatable bonds is 8. The number of imidazole rings is 1. The van der Waals surface area contributed by atoms with Crippen LogP contribution >= 0.6 is 11.8 Å². The summed E-state index contributed by atoms with van der Waals surface area (Å²) < 4.78 is 8.04. The topological polar surface area (TPSA) is 58.9 Å². The molecule has 0 bridgehead atoms. The van der Waals surface area contributed by atoms with Crippen LogP contribution in [0.1, 0.15) is 51.3 Å². The number of ether oxygens (including phenoxy) is 1.